The van der Waals surface area contributed by atoms with Crippen LogP contribution in [0.3, 0.4) is 0 Å². The fourth-order valence-electron chi connectivity index (χ4n) is 3.30. The van der Waals surface area contributed by atoms with Gasteiger partial charge in [-0.1, -0.05) is 0 Å². The van der Waals surface area contributed by atoms with Crippen LogP contribution in [0.5, 0.6) is 0 Å². The smallest absolute Gasteiger partial charge is 0.211 e. The summed E-state index contributed by atoms with van der Waals surface area (Å²) in [7, 11) is -3.03. The normalized spacial score (nSPS) is 25.6. The number of nitrogens with one attached hydrogen (secondary N) is 1. The largest absolute Gasteiger partial charge is 0.469 e. The van der Waals surface area contributed by atoms with E-state index in [2.05, 4.69) is 11.4 Å². The predicted octanol–water partition coefficient (Wildman–Crippen LogP) is 1.67. The monoisotopic (exact) mass is 298 g/mol. The average molecular weight is 298 g/mol. The van der Waals surface area contributed by atoms with Crippen molar-refractivity contribution < 1.29 is 12.8 Å². The predicted molar refractivity (Wildman–Crippen MR) is 77.0 cm³/mol. The van der Waals surface area contributed by atoms with Gasteiger partial charge in [-0.3, -0.25) is 0 Å². The Balaban J connectivity index is 1.59. The van der Waals surface area contributed by atoms with Crippen LogP contribution in [0, 0.1) is 0 Å². The molecular weight excluding hydrogens is 276 g/mol. The maximum Gasteiger partial charge on any atom is 0.211 e. The van der Waals surface area contributed by atoms with Gasteiger partial charge in [0.25, 0.3) is 0 Å². The van der Waals surface area contributed by atoms with Gasteiger partial charge in [0.1, 0.15) is 5.76 Å². The van der Waals surface area contributed by atoms with E-state index in [-0.39, 0.29) is 0 Å². The molecule has 2 heterocycles. The lowest BCUT2D eigenvalue weighted by atomic mass is 9.92. The van der Waals surface area contributed by atoms with Crippen LogP contribution >= 0.6 is 0 Å². The van der Waals surface area contributed by atoms with E-state index in [1.54, 1.807) is 10.6 Å². The van der Waals surface area contributed by atoms with Gasteiger partial charge >= 0.3 is 0 Å². The van der Waals surface area contributed by atoms with Crippen LogP contribution in [-0.4, -0.2) is 38.1 Å². The summed E-state index contributed by atoms with van der Waals surface area (Å²) in [6, 6.07) is 2.84. The van der Waals surface area contributed by atoms with Gasteiger partial charge in [0, 0.05) is 37.2 Å². The molecule has 1 aromatic rings. The number of aryl methyl sites for hydroxylation is 1. The number of nitrogens with zero attached hydrogens (tertiary/aromatic N) is 1. The van der Waals surface area contributed by atoms with Crippen molar-refractivity contribution >= 4 is 10.0 Å². The average Bonchev–Trinajstić information content (AvgIpc) is 2.88. The highest BCUT2D eigenvalue weighted by Crippen LogP contribution is 2.31. The highest BCUT2D eigenvalue weighted by molar-refractivity contribution is 7.88. The topological polar surface area (TPSA) is 62.6 Å². The summed E-state index contributed by atoms with van der Waals surface area (Å²) in [5.41, 5.74) is 1.29. The first-order valence-corrected chi connectivity index (χ1v) is 9.16. The molecule has 112 valence electrons. The molecule has 1 fully saturated rings. The van der Waals surface area contributed by atoms with Crippen LogP contribution < -0.4 is 5.32 Å². The lowest BCUT2D eigenvalue weighted by Crippen LogP contribution is -2.45. The van der Waals surface area contributed by atoms with Gasteiger partial charge < -0.3 is 9.73 Å². The minimum atomic E-state index is -3.03. The summed E-state index contributed by atoms with van der Waals surface area (Å²) in [5.74, 6) is 1.11. The highest BCUT2D eigenvalue weighted by atomic mass is 32.2. The van der Waals surface area contributed by atoms with Crippen LogP contribution in [0.4, 0.5) is 0 Å². The van der Waals surface area contributed by atoms with Crippen molar-refractivity contribution in [2.75, 3.05) is 19.3 Å². The number of piperidine rings is 1. The second-order valence-corrected chi connectivity index (χ2v) is 7.83. The molecule has 5 nitrogen and oxygen atoms in total. The van der Waals surface area contributed by atoms with E-state index in [9.17, 15) is 8.42 Å². The summed E-state index contributed by atoms with van der Waals surface area (Å²) in [5, 5.41) is 3.69. The van der Waals surface area contributed by atoms with Crippen LogP contribution in [0.15, 0.2) is 16.7 Å². The van der Waals surface area contributed by atoms with Crippen molar-refractivity contribution in [2.45, 2.75) is 44.2 Å². The maximum atomic E-state index is 11.5. The van der Waals surface area contributed by atoms with E-state index in [0.29, 0.717) is 25.2 Å². The molecule has 1 unspecified atom stereocenters. The molecule has 6 heteroatoms. The third-order valence-corrected chi connectivity index (χ3v) is 5.71. The molecule has 1 aliphatic heterocycles. The Morgan fingerprint density at radius 1 is 1.30 bits per heavy atom. The Hall–Kier alpha value is -0.850. The highest BCUT2D eigenvalue weighted by Gasteiger charge is 2.29. The summed E-state index contributed by atoms with van der Waals surface area (Å²) in [6.45, 7) is 1.25. The van der Waals surface area contributed by atoms with E-state index >= 15 is 0 Å². The first kappa shape index (κ1) is 14.1. The van der Waals surface area contributed by atoms with Crippen LogP contribution in [0.1, 0.15) is 43.0 Å². The van der Waals surface area contributed by atoms with Crippen LogP contribution in [-0.2, 0) is 16.4 Å². The standard InChI is InChI=1S/C14H22N2O3S/c1-20(17,18)16-8-5-11(6-9-16)15-13-3-2-4-14-12(13)7-10-19-14/h7,10-11,13,15H,2-6,8-9H2,1H3. The van der Waals surface area contributed by atoms with Crippen molar-refractivity contribution in [3.63, 3.8) is 0 Å². The van der Waals surface area contributed by atoms with Crippen molar-refractivity contribution in [3.05, 3.63) is 23.7 Å². The maximum absolute atomic E-state index is 11.5. The molecule has 0 saturated carbocycles. The Labute approximate surface area is 120 Å². The van der Waals surface area contributed by atoms with Gasteiger partial charge in [0.15, 0.2) is 0 Å². The third kappa shape index (κ3) is 2.92. The summed E-state index contributed by atoms with van der Waals surface area (Å²) >= 11 is 0. The number of fused-ring (bicyclic) bond motifs is 1. The second-order valence-electron chi connectivity index (χ2n) is 5.85. The zero-order valence-corrected chi connectivity index (χ0v) is 12.7. The van der Waals surface area contributed by atoms with E-state index in [1.807, 2.05) is 0 Å². The molecule has 0 radical (unpaired) electrons. The molecule has 1 aliphatic carbocycles. The third-order valence-electron chi connectivity index (χ3n) is 4.41. The first-order valence-electron chi connectivity index (χ1n) is 7.31. The van der Waals surface area contributed by atoms with Gasteiger partial charge in [-0.05, 0) is 31.7 Å². The lowest BCUT2D eigenvalue weighted by molar-refractivity contribution is 0.264. The first-order chi connectivity index (χ1) is 9.54. The Morgan fingerprint density at radius 3 is 2.75 bits per heavy atom. The summed E-state index contributed by atoms with van der Waals surface area (Å²) < 4.78 is 30.1. The number of hydrogen-bond donors (Lipinski definition) is 1. The number of rotatable bonds is 3. The van der Waals surface area contributed by atoms with Crippen LogP contribution in [0.2, 0.25) is 0 Å². The molecule has 3 rings (SSSR count). The van der Waals surface area contributed by atoms with E-state index in [0.717, 1.165) is 37.9 Å². The van der Waals surface area contributed by atoms with Crippen molar-refractivity contribution in [3.8, 4) is 0 Å². The summed E-state index contributed by atoms with van der Waals surface area (Å²) in [4.78, 5) is 0. The summed E-state index contributed by atoms with van der Waals surface area (Å²) in [6.07, 6.45) is 8.16. The number of furan rings is 1. The van der Waals surface area contributed by atoms with E-state index < -0.39 is 10.0 Å². The molecule has 1 N–H and O–H groups in total. The van der Waals surface area contributed by atoms with Gasteiger partial charge in [0.05, 0.1) is 12.5 Å². The quantitative estimate of drug-likeness (QED) is 0.922. The zero-order valence-electron chi connectivity index (χ0n) is 11.8. The van der Waals surface area contributed by atoms with Crippen LogP contribution in [0.25, 0.3) is 0 Å². The minimum absolute atomic E-state index is 0.368. The molecule has 1 saturated heterocycles. The second kappa shape index (κ2) is 5.50. The molecule has 0 aromatic carbocycles. The zero-order chi connectivity index (χ0) is 14.2. The van der Waals surface area contributed by atoms with Crippen molar-refractivity contribution in [1.29, 1.82) is 0 Å². The Morgan fingerprint density at radius 2 is 2.05 bits per heavy atom. The van der Waals surface area contributed by atoms with E-state index in [1.165, 1.54) is 11.8 Å². The fourth-order valence-corrected chi connectivity index (χ4v) is 4.17. The Bertz CT molecular complexity index is 559. The molecule has 1 atom stereocenters. The SMILES string of the molecule is CS(=O)(=O)N1CCC(NC2CCCc3occc32)CC1. The number of hydrogen-bond acceptors (Lipinski definition) is 4. The molecule has 0 spiro atoms. The minimum Gasteiger partial charge on any atom is -0.469 e. The van der Waals surface area contributed by atoms with Crippen molar-refractivity contribution in [2.24, 2.45) is 0 Å². The molecule has 0 bridgehead atoms. The molecule has 0 amide bonds. The van der Waals surface area contributed by atoms with E-state index in [4.69, 9.17) is 4.42 Å². The Kier molecular flexibility index (Phi) is 3.88. The fraction of sp³-hybridized carbons (Fsp3) is 0.714. The van der Waals surface area contributed by atoms with Gasteiger partial charge in [-0.25, -0.2) is 12.7 Å². The molecule has 20 heavy (non-hydrogen) atoms. The molecule has 2 aliphatic rings. The van der Waals surface area contributed by atoms with Gasteiger partial charge in [-0.2, -0.15) is 0 Å². The molecular formula is C14H22N2O3S. The lowest BCUT2D eigenvalue weighted by Gasteiger charge is -2.34. The van der Waals surface area contributed by atoms with Gasteiger partial charge in [0.2, 0.25) is 10.0 Å². The van der Waals surface area contributed by atoms with Crippen molar-refractivity contribution in [1.82, 2.24) is 9.62 Å². The molecule has 1 aromatic heterocycles. The van der Waals surface area contributed by atoms with Gasteiger partial charge in [-0.15, -0.1) is 0 Å². The number of sulfonamides is 1.